The topological polar surface area (TPSA) is 116 Å². The van der Waals surface area contributed by atoms with Crippen LogP contribution in [0.3, 0.4) is 0 Å². The summed E-state index contributed by atoms with van der Waals surface area (Å²) in [5, 5.41) is 25.4. The quantitative estimate of drug-likeness (QED) is 0.430. The van der Waals surface area contributed by atoms with Crippen molar-refractivity contribution in [2.24, 2.45) is 0 Å². The number of aromatic carboxylic acids is 1. The molecule has 2 unspecified atom stereocenters. The molecule has 2 N–H and O–H groups in total. The van der Waals surface area contributed by atoms with Crippen molar-refractivity contribution in [1.29, 1.82) is 0 Å². The van der Waals surface area contributed by atoms with Crippen molar-refractivity contribution in [3.8, 4) is 11.5 Å². The molecule has 9 nitrogen and oxygen atoms in total. The van der Waals surface area contributed by atoms with E-state index in [4.69, 9.17) is 25.8 Å². The Bertz CT molecular complexity index is 1170. The lowest BCUT2D eigenvalue weighted by molar-refractivity contribution is -0.0845. The summed E-state index contributed by atoms with van der Waals surface area (Å²) in [4.78, 5) is 15.8. The fraction of sp³-hybridized carbons (Fsp3) is 0.458. The highest BCUT2D eigenvalue weighted by molar-refractivity contribution is 6.30. The Hall–Kier alpha value is -2.88. The van der Waals surface area contributed by atoms with Crippen LogP contribution in [0.4, 0.5) is 0 Å². The van der Waals surface area contributed by atoms with Gasteiger partial charge >= 0.3 is 5.97 Å². The Morgan fingerprint density at radius 1 is 1.21 bits per heavy atom. The minimum absolute atomic E-state index is 0.0287. The van der Waals surface area contributed by atoms with Crippen molar-refractivity contribution in [3.63, 3.8) is 0 Å². The number of benzene rings is 1. The second-order valence-corrected chi connectivity index (χ2v) is 8.85. The van der Waals surface area contributed by atoms with E-state index >= 15 is 0 Å². The summed E-state index contributed by atoms with van der Waals surface area (Å²) in [6.45, 7) is 2.07. The molecule has 1 fully saturated rings. The second kappa shape index (κ2) is 10.2. The molecule has 3 aromatic rings. The molecular weight excluding hydrogens is 462 g/mol. The highest BCUT2D eigenvalue weighted by atomic mass is 35.5. The molecule has 0 amide bonds. The Morgan fingerprint density at radius 3 is 2.44 bits per heavy atom. The number of pyridine rings is 1. The molecule has 1 aliphatic rings. The number of rotatable bonds is 9. The molecule has 34 heavy (non-hydrogen) atoms. The van der Waals surface area contributed by atoms with Crippen molar-refractivity contribution >= 4 is 28.6 Å². The largest absolute Gasteiger partial charge is 0.496 e. The molecule has 4 rings (SSSR count). The molecule has 0 radical (unpaired) electrons. The Labute approximate surface area is 202 Å². The van der Waals surface area contributed by atoms with E-state index in [-0.39, 0.29) is 28.9 Å². The zero-order chi connectivity index (χ0) is 24.4. The number of methoxy groups -OCH3 is 2. The summed E-state index contributed by atoms with van der Waals surface area (Å²) in [5.74, 6) is 0.0581. The zero-order valence-corrected chi connectivity index (χ0v) is 20.1. The highest BCUT2D eigenvalue weighted by Gasteiger charge is 2.29. The summed E-state index contributed by atoms with van der Waals surface area (Å²) >= 11 is 6.00. The number of carboxylic acid groups (broad SMARTS) is 1. The second-order valence-electron chi connectivity index (χ2n) is 8.46. The average Bonchev–Trinajstić information content (AvgIpc) is 3.47. The maximum Gasteiger partial charge on any atom is 0.338 e. The van der Waals surface area contributed by atoms with Gasteiger partial charge in [-0.05, 0) is 43.5 Å². The number of carbonyl (C=O) groups is 1. The van der Waals surface area contributed by atoms with Crippen LogP contribution in [0, 0.1) is 6.92 Å². The number of carboxylic acids is 1. The van der Waals surface area contributed by atoms with E-state index in [1.54, 1.807) is 37.2 Å². The van der Waals surface area contributed by atoms with Gasteiger partial charge in [0.05, 0.1) is 38.6 Å². The molecule has 10 heteroatoms. The molecule has 0 aliphatic heterocycles. The standard InChI is InChI=1S/C24H28ClN3O6/c1-13-18(32-2)8-14(9-19(13)33-3)23(29)20(34-15-6-4-5-7-15)12-28-11-17-22(27-28)16(24(30)31)10-21(25)26-17/h8-11,15,20,23,29H,4-7,12H2,1-3H3,(H,30,31). The molecule has 1 aliphatic carbocycles. The first-order valence-corrected chi connectivity index (χ1v) is 11.5. The fourth-order valence-electron chi connectivity index (χ4n) is 4.44. The van der Waals surface area contributed by atoms with Crippen LogP contribution in [0.25, 0.3) is 11.0 Å². The number of aromatic nitrogens is 3. The zero-order valence-electron chi connectivity index (χ0n) is 19.3. The molecule has 1 aromatic carbocycles. The number of nitrogens with zero attached hydrogens (tertiary/aromatic N) is 3. The van der Waals surface area contributed by atoms with E-state index < -0.39 is 18.2 Å². The maximum absolute atomic E-state index is 11.6. The van der Waals surface area contributed by atoms with Gasteiger partial charge in [0.25, 0.3) is 0 Å². The summed E-state index contributed by atoms with van der Waals surface area (Å²) in [7, 11) is 3.13. The van der Waals surface area contributed by atoms with Crippen LogP contribution in [-0.4, -0.2) is 57.4 Å². The summed E-state index contributed by atoms with van der Waals surface area (Å²) in [5.41, 5.74) is 1.97. The lowest BCUT2D eigenvalue weighted by atomic mass is 10.0. The SMILES string of the molecule is COc1cc(C(O)C(Cn2cc3nc(Cl)cc(C(=O)O)c3n2)OC2CCCC2)cc(OC)c1C. The summed E-state index contributed by atoms with van der Waals surface area (Å²) < 4.78 is 18.8. The predicted molar refractivity (Wildman–Crippen MR) is 126 cm³/mol. The summed E-state index contributed by atoms with van der Waals surface area (Å²) in [6, 6.07) is 4.82. The first-order valence-electron chi connectivity index (χ1n) is 11.1. The number of hydrogen-bond donors (Lipinski definition) is 2. The van der Waals surface area contributed by atoms with Crippen LogP contribution >= 0.6 is 11.6 Å². The van der Waals surface area contributed by atoms with Crippen LogP contribution in [0.5, 0.6) is 11.5 Å². The fourth-order valence-corrected chi connectivity index (χ4v) is 4.64. The van der Waals surface area contributed by atoms with Gasteiger partial charge in [0.1, 0.15) is 39.9 Å². The van der Waals surface area contributed by atoms with E-state index in [1.165, 1.54) is 6.07 Å². The third kappa shape index (κ3) is 4.96. The minimum atomic E-state index is -1.14. The van der Waals surface area contributed by atoms with Crippen molar-refractivity contribution in [2.75, 3.05) is 14.2 Å². The first kappa shape index (κ1) is 24.3. The maximum atomic E-state index is 11.6. The highest BCUT2D eigenvalue weighted by Crippen LogP contribution is 2.35. The Morgan fingerprint density at radius 2 is 1.85 bits per heavy atom. The van der Waals surface area contributed by atoms with Gasteiger partial charge < -0.3 is 24.4 Å². The number of halogens is 1. The van der Waals surface area contributed by atoms with Gasteiger partial charge in [-0.15, -0.1) is 0 Å². The number of aliphatic hydroxyl groups excluding tert-OH is 1. The normalized spacial score (nSPS) is 16.0. The molecule has 0 saturated heterocycles. The summed E-state index contributed by atoms with van der Waals surface area (Å²) in [6.07, 6.45) is 3.98. The first-order chi connectivity index (χ1) is 16.3. The molecule has 1 saturated carbocycles. The molecule has 0 bridgehead atoms. The van der Waals surface area contributed by atoms with Crippen LogP contribution in [0.2, 0.25) is 5.15 Å². The van der Waals surface area contributed by atoms with Gasteiger partial charge in [0.2, 0.25) is 0 Å². The Balaban J connectivity index is 1.69. The lowest BCUT2D eigenvalue weighted by Gasteiger charge is -2.27. The van der Waals surface area contributed by atoms with Crippen molar-refractivity contribution < 1.29 is 29.2 Å². The van der Waals surface area contributed by atoms with E-state index in [9.17, 15) is 15.0 Å². The van der Waals surface area contributed by atoms with E-state index in [2.05, 4.69) is 10.1 Å². The van der Waals surface area contributed by atoms with Crippen molar-refractivity contribution in [2.45, 2.75) is 57.5 Å². The third-order valence-electron chi connectivity index (χ3n) is 6.22. The van der Waals surface area contributed by atoms with Gasteiger partial charge in [-0.1, -0.05) is 24.4 Å². The molecule has 2 atom stereocenters. The third-order valence-corrected chi connectivity index (χ3v) is 6.42. The molecule has 182 valence electrons. The smallest absolute Gasteiger partial charge is 0.338 e. The molecular formula is C24H28ClN3O6. The van der Waals surface area contributed by atoms with Crippen LogP contribution in [0.1, 0.15) is 53.3 Å². The van der Waals surface area contributed by atoms with Crippen molar-refractivity contribution in [1.82, 2.24) is 14.8 Å². The lowest BCUT2D eigenvalue weighted by Crippen LogP contribution is -2.31. The van der Waals surface area contributed by atoms with Crippen molar-refractivity contribution in [3.05, 3.63) is 46.2 Å². The van der Waals surface area contributed by atoms with Crippen LogP contribution < -0.4 is 9.47 Å². The Kier molecular flexibility index (Phi) is 7.25. The van der Waals surface area contributed by atoms with E-state index in [0.717, 1.165) is 31.2 Å². The molecule has 0 spiro atoms. The van der Waals surface area contributed by atoms with Gasteiger partial charge in [-0.25, -0.2) is 9.78 Å². The van der Waals surface area contributed by atoms with Gasteiger partial charge in [0, 0.05) is 5.56 Å². The number of aliphatic hydroxyl groups is 1. The number of fused-ring (bicyclic) bond motifs is 1. The number of ether oxygens (including phenoxy) is 3. The number of hydrogen-bond acceptors (Lipinski definition) is 7. The molecule has 2 heterocycles. The predicted octanol–water partition coefficient (Wildman–Crippen LogP) is 4.17. The van der Waals surface area contributed by atoms with Gasteiger partial charge in [0.15, 0.2) is 0 Å². The van der Waals surface area contributed by atoms with E-state index in [0.29, 0.717) is 22.6 Å². The van der Waals surface area contributed by atoms with Crippen LogP contribution in [0.15, 0.2) is 24.4 Å². The minimum Gasteiger partial charge on any atom is -0.496 e. The average molecular weight is 490 g/mol. The van der Waals surface area contributed by atoms with E-state index in [1.807, 2.05) is 6.92 Å². The van der Waals surface area contributed by atoms with Gasteiger partial charge in [-0.3, -0.25) is 4.68 Å². The monoisotopic (exact) mass is 489 g/mol. The molecule has 2 aromatic heterocycles. The van der Waals surface area contributed by atoms with Crippen LogP contribution in [-0.2, 0) is 11.3 Å². The van der Waals surface area contributed by atoms with Gasteiger partial charge in [-0.2, -0.15) is 5.10 Å².